The molecular weight excluding hydrogens is 332 g/mol. The third-order valence-electron chi connectivity index (χ3n) is 3.28. The zero-order chi connectivity index (χ0) is 19.6. The molecule has 1 radical (unpaired) electrons. The number of rotatable bonds is 10. The predicted molar refractivity (Wildman–Crippen MR) is 88.9 cm³/mol. The lowest BCUT2D eigenvalue weighted by atomic mass is 10.1. The van der Waals surface area contributed by atoms with Crippen molar-refractivity contribution in [1.29, 1.82) is 0 Å². The van der Waals surface area contributed by atoms with E-state index in [2.05, 4.69) is 4.74 Å². The Morgan fingerprint density at radius 1 is 0.880 bits per heavy atom. The number of esters is 2. The lowest BCUT2D eigenvalue weighted by Crippen LogP contribution is -2.41. The van der Waals surface area contributed by atoms with E-state index in [-0.39, 0.29) is 25.0 Å². The Morgan fingerprint density at radius 3 is 1.60 bits per heavy atom. The molecule has 0 aliphatic rings. The van der Waals surface area contributed by atoms with Gasteiger partial charge in [0.1, 0.15) is 31.9 Å². The molecule has 2 atom stereocenters. The van der Waals surface area contributed by atoms with Crippen LogP contribution in [0.5, 0.6) is 0 Å². The maximum atomic E-state index is 11.8. The normalized spacial score (nSPS) is 13.5. The van der Waals surface area contributed by atoms with Crippen LogP contribution in [0.1, 0.15) is 34.6 Å². The molecule has 0 heterocycles. The first-order chi connectivity index (χ1) is 11.6. The van der Waals surface area contributed by atoms with Gasteiger partial charge in [-0.05, 0) is 18.8 Å². The van der Waals surface area contributed by atoms with Crippen LogP contribution in [-0.4, -0.2) is 49.5 Å². The average Bonchev–Trinajstić information content (AvgIpc) is 2.54. The molecule has 0 unspecified atom stereocenters. The van der Waals surface area contributed by atoms with Crippen molar-refractivity contribution in [2.75, 3.05) is 13.2 Å². The molecule has 0 aliphatic heterocycles. The molecule has 9 nitrogen and oxygen atoms in total. The second-order valence-electron chi connectivity index (χ2n) is 6.14. The number of ether oxygens (including phenoxy) is 4. The first-order valence-corrected chi connectivity index (χ1v) is 8.09. The number of carbonyl (C=O) groups is 3. The topological polar surface area (TPSA) is 140 Å². The first kappa shape index (κ1) is 23.1. The summed E-state index contributed by atoms with van der Waals surface area (Å²) in [5.74, 6) is -1.53. The van der Waals surface area contributed by atoms with Crippen molar-refractivity contribution in [2.24, 2.45) is 23.3 Å². The minimum absolute atomic E-state index is 0.117. The summed E-state index contributed by atoms with van der Waals surface area (Å²) >= 11 is 0. The third kappa shape index (κ3) is 9.25. The van der Waals surface area contributed by atoms with E-state index in [1.54, 1.807) is 27.7 Å². The van der Waals surface area contributed by atoms with Gasteiger partial charge in [-0.3, -0.25) is 9.59 Å². The fraction of sp³-hybridized carbons (Fsp3) is 0.750. The number of nitrogens with two attached hydrogens (primary N) is 2. The number of carbonyl (C=O) groups excluding carboxylic acids is 3. The second kappa shape index (κ2) is 11.6. The smallest absolute Gasteiger partial charge is 0.460 e. The van der Waals surface area contributed by atoms with Gasteiger partial charge in [0.05, 0.1) is 0 Å². The Balaban J connectivity index is 4.68. The van der Waals surface area contributed by atoms with Crippen molar-refractivity contribution >= 4 is 18.1 Å². The molecule has 0 bridgehead atoms. The van der Waals surface area contributed by atoms with Crippen molar-refractivity contribution in [2.45, 2.75) is 52.8 Å². The fourth-order valence-corrected chi connectivity index (χ4v) is 1.46. The van der Waals surface area contributed by atoms with Gasteiger partial charge in [0.25, 0.3) is 0 Å². The summed E-state index contributed by atoms with van der Waals surface area (Å²) in [6, 6.07) is -1.62. The molecule has 145 valence electrons. The molecule has 0 spiro atoms. The van der Waals surface area contributed by atoms with E-state index in [4.69, 9.17) is 25.7 Å². The largest absolute Gasteiger partial charge is 0.509 e. The Morgan fingerprint density at radius 2 is 1.28 bits per heavy atom. The van der Waals surface area contributed by atoms with Crippen LogP contribution in [0.3, 0.4) is 0 Å². The Kier molecular flexibility index (Phi) is 10.8. The zero-order valence-corrected chi connectivity index (χ0v) is 15.4. The van der Waals surface area contributed by atoms with Gasteiger partial charge in [-0.25, -0.2) is 4.79 Å². The van der Waals surface area contributed by atoms with E-state index >= 15 is 0 Å². The first-order valence-electron chi connectivity index (χ1n) is 8.09. The molecule has 4 N–H and O–H groups in total. The van der Waals surface area contributed by atoms with Gasteiger partial charge in [-0.15, -0.1) is 0 Å². The van der Waals surface area contributed by atoms with Crippen LogP contribution in [0.15, 0.2) is 0 Å². The monoisotopic (exact) mass is 361 g/mol. The van der Waals surface area contributed by atoms with Crippen LogP contribution in [0.4, 0.5) is 4.79 Å². The molecule has 0 aromatic rings. The van der Waals surface area contributed by atoms with E-state index < -0.39 is 36.3 Å². The van der Waals surface area contributed by atoms with Crippen molar-refractivity contribution in [3.63, 3.8) is 0 Å². The minimum Gasteiger partial charge on any atom is -0.460 e. The van der Waals surface area contributed by atoms with Crippen LogP contribution in [0, 0.1) is 18.4 Å². The van der Waals surface area contributed by atoms with Crippen molar-refractivity contribution < 1.29 is 33.3 Å². The van der Waals surface area contributed by atoms with Gasteiger partial charge >= 0.3 is 18.1 Å². The highest BCUT2D eigenvalue weighted by Gasteiger charge is 2.25. The average molecular weight is 361 g/mol. The fourth-order valence-electron chi connectivity index (χ4n) is 1.46. The summed E-state index contributed by atoms with van der Waals surface area (Å²) < 4.78 is 19.5. The molecule has 0 rings (SSSR count). The van der Waals surface area contributed by atoms with Gasteiger partial charge in [0, 0.05) is 0 Å². The van der Waals surface area contributed by atoms with Crippen LogP contribution < -0.4 is 11.5 Å². The van der Waals surface area contributed by atoms with Gasteiger partial charge in [-0.1, -0.05) is 27.7 Å². The molecule has 0 aromatic carbocycles. The number of hydrogen-bond acceptors (Lipinski definition) is 9. The van der Waals surface area contributed by atoms with Crippen molar-refractivity contribution in [3.05, 3.63) is 6.61 Å². The molecule has 25 heavy (non-hydrogen) atoms. The summed E-state index contributed by atoms with van der Waals surface area (Å²) in [5.41, 5.74) is 11.4. The van der Waals surface area contributed by atoms with Crippen LogP contribution in [0.25, 0.3) is 0 Å². The molecule has 0 saturated heterocycles. The highest BCUT2D eigenvalue weighted by molar-refractivity contribution is 5.76. The van der Waals surface area contributed by atoms with Gasteiger partial charge in [0.2, 0.25) is 0 Å². The molecule has 0 aliphatic carbocycles. The van der Waals surface area contributed by atoms with Crippen molar-refractivity contribution in [3.8, 4) is 0 Å². The van der Waals surface area contributed by atoms with Gasteiger partial charge < -0.3 is 30.4 Å². The molecule has 0 fully saturated rings. The third-order valence-corrected chi connectivity index (χ3v) is 3.28. The lowest BCUT2D eigenvalue weighted by Gasteiger charge is -2.21. The van der Waals surface area contributed by atoms with E-state index in [0.717, 1.165) is 6.61 Å². The van der Waals surface area contributed by atoms with Crippen LogP contribution in [0.2, 0.25) is 0 Å². The maximum Gasteiger partial charge on any atom is 0.509 e. The van der Waals surface area contributed by atoms with Gasteiger partial charge in [0.15, 0.2) is 6.10 Å². The number of hydrogen-bond donors (Lipinski definition) is 2. The maximum absolute atomic E-state index is 11.8. The molecule has 0 amide bonds. The van der Waals surface area contributed by atoms with Crippen LogP contribution >= 0.6 is 0 Å². The van der Waals surface area contributed by atoms with Gasteiger partial charge in [-0.2, -0.15) is 0 Å². The van der Waals surface area contributed by atoms with E-state index in [1.807, 2.05) is 0 Å². The zero-order valence-electron chi connectivity index (χ0n) is 15.4. The minimum atomic E-state index is -1.04. The standard InChI is InChI=1S/C16H29N2O7/c1-6-22-16(21)25-11(7-23-14(19)12(17)9(2)3)8-24-15(20)13(18)10(4)5/h6,9-13H,7-8,17-18H2,1-5H3/t12-,13-/m0/s1. The van der Waals surface area contributed by atoms with E-state index in [9.17, 15) is 14.4 Å². The summed E-state index contributed by atoms with van der Waals surface area (Å²) in [6.07, 6.45) is -2.06. The second-order valence-corrected chi connectivity index (χ2v) is 6.14. The summed E-state index contributed by atoms with van der Waals surface area (Å²) in [4.78, 5) is 35.0. The van der Waals surface area contributed by atoms with Crippen LogP contribution in [-0.2, 0) is 28.5 Å². The Bertz CT molecular complexity index is 410. The molecule has 0 aromatic heterocycles. The highest BCUT2D eigenvalue weighted by atomic mass is 16.7. The molecular formula is C16H29N2O7. The Hall–Kier alpha value is -1.87. The van der Waals surface area contributed by atoms with E-state index in [1.165, 1.54) is 6.92 Å². The summed E-state index contributed by atoms with van der Waals surface area (Å²) in [6.45, 7) is 9.02. The summed E-state index contributed by atoms with van der Waals surface area (Å²) in [7, 11) is 0. The molecule has 9 heteroatoms. The van der Waals surface area contributed by atoms with Crippen molar-refractivity contribution in [1.82, 2.24) is 0 Å². The SMILES string of the molecule is C[CH]OC(=O)OC(COC(=O)[C@@H](N)C(C)C)COC(=O)[C@@H](N)C(C)C. The van der Waals surface area contributed by atoms with E-state index in [0.29, 0.717) is 0 Å². The summed E-state index contributed by atoms with van der Waals surface area (Å²) in [5, 5.41) is 0. The Labute approximate surface area is 148 Å². The predicted octanol–water partition coefficient (Wildman–Crippen LogP) is 0.743. The molecule has 0 saturated carbocycles. The highest BCUT2D eigenvalue weighted by Crippen LogP contribution is 2.06. The lowest BCUT2D eigenvalue weighted by molar-refractivity contribution is -0.156. The quantitative estimate of drug-likeness (QED) is 0.426.